The lowest BCUT2D eigenvalue weighted by Crippen LogP contribution is -2.14. The van der Waals surface area contributed by atoms with Crippen molar-refractivity contribution in [3.63, 3.8) is 0 Å². The highest BCUT2D eigenvalue weighted by molar-refractivity contribution is 6.01. The van der Waals surface area contributed by atoms with E-state index in [0.29, 0.717) is 11.4 Å². The number of rotatable bonds is 5. The second-order valence-corrected chi connectivity index (χ2v) is 4.71. The fourth-order valence-electron chi connectivity index (χ4n) is 1.98. The summed E-state index contributed by atoms with van der Waals surface area (Å²) in [5, 5.41) is 6.74. The number of hydrogen-bond acceptors (Lipinski definition) is 4. The Balaban J connectivity index is 1.72. The third-order valence-corrected chi connectivity index (χ3v) is 3.05. The molecule has 0 saturated carbocycles. The molecule has 0 fully saturated rings. The van der Waals surface area contributed by atoms with E-state index >= 15 is 0 Å². The quantitative estimate of drug-likeness (QED) is 0.780. The van der Waals surface area contributed by atoms with Crippen LogP contribution < -0.4 is 10.1 Å². The first kappa shape index (κ1) is 15.6. The molecule has 1 amide bonds. The van der Waals surface area contributed by atoms with Gasteiger partial charge in [-0.15, -0.1) is 5.10 Å². The van der Waals surface area contributed by atoms with Gasteiger partial charge in [-0.1, -0.05) is 18.2 Å². The van der Waals surface area contributed by atoms with Crippen molar-refractivity contribution in [2.75, 3.05) is 5.32 Å². The van der Waals surface area contributed by atoms with E-state index in [0.717, 1.165) is 0 Å². The van der Waals surface area contributed by atoms with Gasteiger partial charge in [0.05, 0.1) is 5.69 Å². The number of carbonyl (C=O) groups excluding carboxylic acids is 1. The zero-order chi connectivity index (χ0) is 16.9. The van der Waals surface area contributed by atoms with E-state index in [2.05, 4.69) is 20.1 Å². The van der Waals surface area contributed by atoms with Crippen LogP contribution in [-0.2, 0) is 0 Å². The molecule has 0 aliphatic rings. The highest BCUT2D eigenvalue weighted by atomic mass is 19.3. The minimum atomic E-state index is -2.88. The highest BCUT2D eigenvalue weighted by Gasteiger charge is 2.12. The van der Waals surface area contributed by atoms with Crippen molar-refractivity contribution in [2.45, 2.75) is 6.61 Å². The Morgan fingerprint density at radius 2 is 1.79 bits per heavy atom. The molecule has 3 aromatic rings. The predicted octanol–water partition coefficient (Wildman–Crippen LogP) is 3.12. The van der Waals surface area contributed by atoms with Gasteiger partial charge < -0.3 is 10.1 Å². The van der Waals surface area contributed by atoms with E-state index in [1.807, 2.05) is 6.07 Å². The fourth-order valence-corrected chi connectivity index (χ4v) is 1.98. The van der Waals surface area contributed by atoms with Crippen molar-refractivity contribution in [3.05, 3.63) is 66.7 Å². The summed E-state index contributed by atoms with van der Waals surface area (Å²) < 4.78 is 29.9. The first-order chi connectivity index (χ1) is 11.6. The van der Waals surface area contributed by atoms with Crippen LogP contribution in [0.25, 0.3) is 5.69 Å². The number of para-hydroxylation sites is 1. The Labute approximate surface area is 135 Å². The lowest BCUT2D eigenvalue weighted by Gasteiger charge is -2.05. The Morgan fingerprint density at radius 3 is 2.46 bits per heavy atom. The van der Waals surface area contributed by atoms with Crippen LogP contribution in [0.15, 0.2) is 60.9 Å². The molecular formula is C16H12F2N4O2. The summed E-state index contributed by atoms with van der Waals surface area (Å²) >= 11 is 0. The van der Waals surface area contributed by atoms with Crippen LogP contribution in [0.5, 0.6) is 5.75 Å². The third-order valence-electron chi connectivity index (χ3n) is 3.05. The molecule has 24 heavy (non-hydrogen) atoms. The number of carbonyl (C=O) groups is 1. The molecule has 0 saturated heterocycles. The predicted molar refractivity (Wildman–Crippen MR) is 82.4 cm³/mol. The maximum atomic E-state index is 12.1. The Bertz CT molecular complexity index is 820. The minimum Gasteiger partial charge on any atom is -0.435 e. The summed E-state index contributed by atoms with van der Waals surface area (Å²) in [5.74, 6) is -0.416. The summed E-state index contributed by atoms with van der Waals surface area (Å²) in [6.45, 7) is -2.88. The van der Waals surface area contributed by atoms with Crippen LogP contribution in [0.3, 0.4) is 0 Å². The number of anilines is 1. The number of nitrogens with one attached hydrogen (secondary N) is 1. The maximum absolute atomic E-state index is 12.1. The van der Waals surface area contributed by atoms with Gasteiger partial charge in [-0.2, -0.15) is 8.78 Å². The molecule has 0 bridgehead atoms. The number of nitrogens with zero attached hydrogens (tertiary/aromatic N) is 3. The van der Waals surface area contributed by atoms with Crippen LogP contribution >= 0.6 is 0 Å². The van der Waals surface area contributed by atoms with Crippen LogP contribution in [0.2, 0.25) is 0 Å². The molecule has 2 aromatic carbocycles. The molecule has 0 radical (unpaired) electrons. The second-order valence-electron chi connectivity index (χ2n) is 4.71. The first-order valence-electron chi connectivity index (χ1n) is 6.95. The van der Waals surface area contributed by atoms with E-state index in [9.17, 15) is 13.6 Å². The van der Waals surface area contributed by atoms with Crippen molar-refractivity contribution in [2.24, 2.45) is 0 Å². The van der Waals surface area contributed by atoms with Gasteiger partial charge in [-0.25, -0.2) is 9.67 Å². The van der Waals surface area contributed by atoms with E-state index < -0.39 is 12.5 Å². The summed E-state index contributed by atoms with van der Waals surface area (Å²) in [4.78, 5) is 16.0. The van der Waals surface area contributed by atoms with Gasteiger partial charge in [0, 0.05) is 5.69 Å². The smallest absolute Gasteiger partial charge is 0.387 e. The van der Waals surface area contributed by atoms with E-state index in [1.165, 1.54) is 35.3 Å². The zero-order valence-corrected chi connectivity index (χ0v) is 12.3. The van der Waals surface area contributed by atoms with Gasteiger partial charge in [0.1, 0.15) is 12.1 Å². The average Bonchev–Trinajstić information content (AvgIpc) is 3.06. The van der Waals surface area contributed by atoms with E-state index in [4.69, 9.17) is 0 Å². The third kappa shape index (κ3) is 3.72. The number of benzene rings is 2. The number of amides is 1. The van der Waals surface area contributed by atoms with Crippen molar-refractivity contribution in [3.8, 4) is 11.4 Å². The Morgan fingerprint density at radius 1 is 1.08 bits per heavy atom. The number of ether oxygens (including phenoxy) is 1. The highest BCUT2D eigenvalue weighted by Crippen LogP contribution is 2.17. The molecule has 0 aliphatic carbocycles. The summed E-state index contributed by atoms with van der Waals surface area (Å²) in [6.07, 6.45) is 1.36. The largest absolute Gasteiger partial charge is 0.435 e. The summed E-state index contributed by atoms with van der Waals surface area (Å²) in [6, 6.07) is 14.8. The van der Waals surface area contributed by atoms with Gasteiger partial charge >= 0.3 is 6.61 Å². The molecular weight excluding hydrogens is 318 g/mol. The molecule has 0 spiro atoms. The van der Waals surface area contributed by atoms with Crippen molar-refractivity contribution >= 4 is 11.6 Å². The van der Waals surface area contributed by atoms with Crippen LogP contribution in [0.1, 0.15) is 10.6 Å². The number of halogens is 2. The summed E-state index contributed by atoms with van der Waals surface area (Å²) in [7, 11) is 0. The zero-order valence-electron chi connectivity index (χ0n) is 12.3. The normalized spacial score (nSPS) is 10.6. The Kier molecular flexibility index (Phi) is 4.46. The first-order valence-corrected chi connectivity index (χ1v) is 6.95. The number of hydrogen-bond donors (Lipinski definition) is 1. The second kappa shape index (κ2) is 6.86. The lowest BCUT2D eigenvalue weighted by atomic mass is 10.3. The summed E-state index contributed by atoms with van der Waals surface area (Å²) in [5.41, 5.74) is 1.19. The van der Waals surface area contributed by atoms with Crippen LogP contribution in [-0.4, -0.2) is 27.3 Å². The van der Waals surface area contributed by atoms with Gasteiger partial charge in [0.2, 0.25) is 5.82 Å². The fraction of sp³-hybridized carbons (Fsp3) is 0.0625. The van der Waals surface area contributed by atoms with Gasteiger partial charge in [-0.05, 0) is 36.4 Å². The molecule has 8 heteroatoms. The van der Waals surface area contributed by atoms with Crippen molar-refractivity contribution in [1.82, 2.24) is 14.8 Å². The maximum Gasteiger partial charge on any atom is 0.387 e. The van der Waals surface area contributed by atoms with E-state index in [-0.39, 0.29) is 11.6 Å². The SMILES string of the molecule is O=C(Nc1ccccc1)c1ncn(-c2ccc(OC(F)F)cc2)n1. The molecule has 0 atom stereocenters. The Hall–Kier alpha value is -3.29. The molecule has 1 aromatic heterocycles. The van der Waals surface area contributed by atoms with Crippen LogP contribution in [0, 0.1) is 0 Å². The molecule has 3 rings (SSSR count). The molecule has 0 aliphatic heterocycles. The van der Waals surface area contributed by atoms with Gasteiger partial charge in [0.15, 0.2) is 0 Å². The van der Waals surface area contributed by atoms with Gasteiger partial charge in [-0.3, -0.25) is 4.79 Å². The minimum absolute atomic E-state index is 0.00763. The topological polar surface area (TPSA) is 69.0 Å². The molecule has 0 unspecified atom stereocenters. The molecule has 6 nitrogen and oxygen atoms in total. The molecule has 1 heterocycles. The molecule has 1 N–H and O–H groups in total. The lowest BCUT2D eigenvalue weighted by molar-refractivity contribution is -0.0498. The monoisotopic (exact) mass is 330 g/mol. The van der Waals surface area contributed by atoms with Crippen molar-refractivity contribution < 1.29 is 18.3 Å². The van der Waals surface area contributed by atoms with Crippen molar-refractivity contribution in [1.29, 1.82) is 0 Å². The van der Waals surface area contributed by atoms with E-state index in [1.54, 1.807) is 24.3 Å². The van der Waals surface area contributed by atoms with Gasteiger partial charge in [0.25, 0.3) is 5.91 Å². The standard InChI is InChI=1S/C16H12F2N4O2/c17-16(18)24-13-8-6-12(7-9-13)22-10-19-14(21-22)15(23)20-11-4-2-1-3-5-11/h1-10,16H,(H,20,23). The molecule has 122 valence electrons. The number of aromatic nitrogens is 3. The average molecular weight is 330 g/mol. The number of alkyl halides is 2. The van der Waals surface area contributed by atoms with Crippen LogP contribution in [0.4, 0.5) is 14.5 Å².